The van der Waals surface area contributed by atoms with Crippen molar-refractivity contribution in [1.29, 1.82) is 0 Å². The van der Waals surface area contributed by atoms with Crippen molar-refractivity contribution in [3.05, 3.63) is 18.2 Å². The largest absolute Gasteiger partial charge is 0.454 e. The first-order chi connectivity index (χ1) is 16.0. The molecule has 1 aromatic carbocycles. The summed E-state index contributed by atoms with van der Waals surface area (Å²) in [6.07, 6.45) is 0.0105. The summed E-state index contributed by atoms with van der Waals surface area (Å²) in [5.74, 6) is 1.10. The molecule has 3 aliphatic rings. The van der Waals surface area contributed by atoms with E-state index in [1.807, 2.05) is 0 Å². The van der Waals surface area contributed by atoms with E-state index in [-0.39, 0.29) is 57.1 Å². The lowest BCUT2D eigenvalue weighted by atomic mass is 9.95. The highest BCUT2D eigenvalue weighted by molar-refractivity contribution is 5.90. The lowest BCUT2D eigenvalue weighted by Crippen LogP contribution is -2.58. The molecule has 11 nitrogen and oxygen atoms in total. The van der Waals surface area contributed by atoms with Gasteiger partial charge in [0.1, 0.15) is 6.10 Å². The van der Waals surface area contributed by atoms with Gasteiger partial charge in [-0.05, 0) is 25.0 Å². The average molecular weight is 466 g/mol. The van der Waals surface area contributed by atoms with E-state index in [0.717, 1.165) is 0 Å². The third kappa shape index (κ3) is 6.05. The van der Waals surface area contributed by atoms with Gasteiger partial charge >= 0.3 is 6.03 Å². The van der Waals surface area contributed by atoms with Crippen LogP contribution in [0.3, 0.4) is 0 Å². The van der Waals surface area contributed by atoms with Crippen molar-refractivity contribution in [2.24, 2.45) is 0 Å². The van der Waals surface area contributed by atoms with Crippen LogP contribution in [0.15, 0.2) is 18.2 Å². The zero-order valence-electron chi connectivity index (χ0n) is 18.7. The first kappa shape index (κ1) is 23.6. The Morgan fingerprint density at radius 3 is 2.91 bits per heavy atom. The number of urea groups is 1. The first-order valence-electron chi connectivity index (χ1n) is 11.2. The first-order valence-corrected chi connectivity index (χ1v) is 11.2. The number of β-amino-alcohol motifs (C(OH)–C–C–N with tert-alkyl or cyclic N) is 1. The molecule has 3 N–H and O–H groups in total. The van der Waals surface area contributed by atoms with Gasteiger partial charge in [0.05, 0.1) is 51.0 Å². The second kappa shape index (κ2) is 11.0. The fraction of sp³-hybridized carbons (Fsp3) is 0.636. The van der Waals surface area contributed by atoms with Crippen LogP contribution in [0.5, 0.6) is 11.5 Å². The minimum atomic E-state index is -0.808. The van der Waals surface area contributed by atoms with Crippen LogP contribution in [-0.4, -0.2) is 93.1 Å². The van der Waals surface area contributed by atoms with Crippen LogP contribution in [0.2, 0.25) is 0 Å². The second-order valence-corrected chi connectivity index (χ2v) is 8.33. The molecule has 3 aliphatic heterocycles. The van der Waals surface area contributed by atoms with Crippen molar-refractivity contribution < 1.29 is 38.4 Å². The van der Waals surface area contributed by atoms with E-state index in [1.54, 1.807) is 30.2 Å². The summed E-state index contributed by atoms with van der Waals surface area (Å²) in [5, 5.41) is 16.0. The number of amides is 3. The maximum absolute atomic E-state index is 13.2. The molecule has 182 valence electrons. The number of benzene rings is 1. The van der Waals surface area contributed by atoms with E-state index < -0.39 is 12.2 Å². The Kier molecular flexibility index (Phi) is 7.86. The van der Waals surface area contributed by atoms with Gasteiger partial charge in [-0.25, -0.2) is 4.79 Å². The van der Waals surface area contributed by atoms with E-state index in [9.17, 15) is 14.7 Å². The van der Waals surface area contributed by atoms with Gasteiger partial charge in [-0.1, -0.05) is 0 Å². The van der Waals surface area contributed by atoms with Crippen molar-refractivity contribution in [1.82, 2.24) is 10.2 Å². The van der Waals surface area contributed by atoms with Crippen LogP contribution < -0.4 is 20.1 Å². The Bertz CT molecular complexity index is 838. The van der Waals surface area contributed by atoms with Crippen molar-refractivity contribution in [2.45, 2.75) is 43.6 Å². The molecule has 0 bridgehead atoms. The number of fused-ring (bicyclic) bond motifs is 2. The number of rotatable bonds is 6. The fourth-order valence-corrected chi connectivity index (χ4v) is 4.32. The molecule has 11 heteroatoms. The number of anilines is 1. The highest BCUT2D eigenvalue weighted by Gasteiger charge is 2.40. The van der Waals surface area contributed by atoms with E-state index in [1.165, 1.54) is 0 Å². The smallest absolute Gasteiger partial charge is 0.322 e. The third-order valence-corrected chi connectivity index (χ3v) is 5.91. The lowest BCUT2D eigenvalue weighted by molar-refractivity contribution is -0.149. The minimum Gasteiger partial charge on any atom is -0.454 e. The van der Waals surface area contributed by atoms with Gasteiger partial charge in [-0.3, -0.25) is 4.79 Å². The number of carbonyl (C=O) groups is 2. The van der Waals surface area contributed by atoms with Crippen LogP contribution in [0.4, 0.5) is 10.5 Å². The van der Waals surface area contributed by atoms with Crippen molar-refractivity contribution >= 4 is 17.6 Å². The summed E-state index contributed by atoms with van der Waals surface area (Å²) in [6.45, 7) is 1.50. The maximum Gasteiger partial charge on any atom is 0.322 e. The number of aliphatic hydroxyl groups is 1. The van der Waals surface area contributed by atoms with E-state index in [2.05, 4.69) is 10.6 Å². The van der Waals surface area contributed by atoms with Crippen LogP contribution in [0.1, 0.15) is 19.3 Å². The van der Waals surface area contributed by atoms with Crippen molar-refractivity contribution in [3.8, 4) is 11.5 Å². The molecule has 1 aromatic rings. The Morgan fingerprint density at radius 2 is 2.06 bits per heavy atom. The van der Waals surface area contributed by atoms with E-state index in [4.69, 9.17) is 23.7 Å². The molecule has 0 aromatic heterocycles. The summed E-state index contributed by atoms with van der Waals surface area (Å²) < 4.78 is 27.4. The summed E-state index contributed by atoms with van der Waals surface area (Å²) in [6, 6.07) is 4.55. The van der Waals surface area contributed by atoms with Crippen LogP contribution in [0.25, 0.3) is 0 Å². The molecule has 0 aliphatic carbocycles. The molecule has 3 heterocycles. The van der Waals surface area contributed by atoms with Crippen molar-refractivity contribution in [2.75, 3.05) is 52.1 Å². The van der Waals surface area contributed by atoms with Gasteiger partial charge in [0, 0.05) is 25.4 Å². The molecular formula is C22H31N3O8. The number of carbonyl (C=O) groups excluding carboxylic acids is 2. The molecule has 2 saturated heterocycles. The van der Waals surface area contributed by atoms with Gasteiger partial charge in [-0.2, -0.15) is 0 Å². The molecule has 2 fully saturated rings. The molecule has 0 saturated carbocycles. The van der Waals surface area contributed by atoms with Gasteiger partial charge in [-0.15, -0.1) is 0 Å². The molecule has 0 unspecified atom stereocenters. The summed E-state index contributed by atoms with van der Waals surface area (Å²) in [5.41, 5.74) is 0.566. The Hall–Kier alpha value is -2.60. The molecule has 4 atom stereocenters. The summed E-state index contributed by atoms with van der Waals surface area (Å²) in [4.78, 5) is 27.0. The van der Waals surface area contributed by atoms with E-state index in [0.29, 0.717) is 43.2 Å². The van der Waals surface area contributed by atoms with Crippen LogP contribution >= 0.6 is 0 Å². The predicted molar refractivity (Wildman–Crippen MR) is 116 cm³/mol. The summed E-state index contributed by atoms with van der Waals surface area (Å²) >= 11 is 0. The zero-order valence-corrected chi connectivity index (χ0v) is 18.7. The third-order valence-electron chi connectivity index (χ3n) is 5.91. The van der Waals surface area contributed by atoms with Crippen molar-refractivity contribution in [3.63, 3.8) is 0 Å². The summed E-state index contributed by atoms with van der Waals surface area (Å²) in [7, 11) is 1.58. The molecule has 0 radical (unpaired) electrons. The highest BCUT2D eigenvalue weighted by atomic mass is 16.7. The Morgan fingerprint density at radius 1 is 1.21 bits per heavy atom. The molecular weight excluding hydrogens is 434 g/mol. The number of nitrogens with one attached hydrogen (secondary N) is 2. The van der Waals surface area contributed by atoms with Gasteiger partial charge in [0.25, 0.3) is 0 Å². The quantitative estimate of drug-likeness (QED) is 0.524. The molecule has 3 amide bonds. The lowest BCUT2D eigenvalue weighted by Gasteiger charge is -2.44. The number of hydrogen-bond acceptors (Lipinski definition) is 8. The fourth-order valence-electron chi connectivity index (χ4n) is 4.32. The Balaban J connectivity index is 1.39. The standard InChI is InChI=1S/C22H31N3O8/c1-29-7-6-23-21(27)9-16-3-4-17-20(33-16)12-30-11-15(26)10-25(17)22(28)24-14-2-5-18-19(8-14)32-13-31-18/h2,5,8,15-17,20,26H,3-4,6-7,9-13H2,1H3,(H,23,27)(H,24,28)/t15-,16+,17+,20-/m0/s1. The number of hydrogen-bond donors (Lipinski definition) is 3. The average Bonchev–Trinajstić information content (AvgIpc) is 3.25. The van der Waals surface area contributed by atoms with Gasteiger partial charge in [0.15, 0.2) is 11.5 Å². The number of methoxy groups -OCH3 is 1. The SMILES string of the molecule is COCCNC(=O)C[C@H]1CC[C@@H]2[C@H](COC[C@@H](O)CN2C(=O)Nc2ccc3c(c2)OCO3)O1. The normalized spacial score (nSPS) is 26.7. The topological polar surface area (TPSA) is 128 Å². The minimum absolute atomic E-state index is 0.0998. The van der Waals surface area contributed by atoms with Crippen LogP contribution in [-0.2, 0) is 19.0 Å². The number of nitrogens with zero attached hydrogens (tertiary/aromatic N) is 1. The maximum atomic E-state index is 13.2. The molecule has 4 rings (SSSR count). The second-order valence-electron chi connectivity index (χ2n) is 8.33. The predicted octanol–water partition coefficient (Wildman–Crippen LogP) is 0.709. The monoisotopic (exact) mass is 465 g/mol. The van der Waals surface area contributed by atoms with Crippen LogP contribution in [0, 0.1) is 0 Å². The highest BCUT2D eigenvalue weighted by Crippen LogP contribution is 2.34. The number of aliphatic hydroxyl groups excluding tert-OH is 1. The molecule has 0 spiro atoms. The Labute approximate surface area is 192 Å². The molecule has 33 heavy (non-hydrogen) atoms. The number of ether oxygens (including phenoxy) is 5. The van der Waals surface area contributed by atoms with Gasteiger partial charge in [0.2, 0.25) is 12.7 Å². The van der Waals surface area contributed by atoms with Gasteiger partial charge < -0.3 is 44.3 Å². The zero-order chi connectivity index (χ0) is 23.2. The van der Waals surface area contributed by atoms with E-state index >= 15 is 0 Å².